The maximum absolute atomic E-state index is 12.5. The molecule has 0 unspecified atom stereocenters. The molecule has 0 radical (unpaired) electrons. The summed E-state index contributed by atoms with van der Waals surface area (Å²) in [6.45, 7) is 5.22. The van der Waals surface area contributed by atoms with E-state index in [1.54, 1.807) is 38.1 Å². The number of carbonyl (C=O) groups is 3. The number of anilines is 1. The molecule has 3 amide bonds. The van der Waals surface area contributed by atoms with Gasteiger partial charge in [0.1, 0.15) is 6.04 Å². The lowest BCUT2D eigenvalue weighted by molar-refractivity contribution is -0.151. The van der Waals surface area contributed by atoms with E-state index in [4.69, 9.17) is 4.74 Å². The molecule has 0 heterocycles. The second-order valence-electron chi connectivity index (χ2n) is 7.61. The first-order valence-corrected chi connectivity index (χ1v) is 10.5. The third-order valence-electron chi connectivity index (χ3n) is 4.70. The molecule has 3 N–H and O–H groups in total. The number of nitrogens with one attached hydrogen (secondary N) is 3. The van der Waals surface area contributed by atoms with Gasteiger partial charge in [0.25, 0.3) is 5.91 Å². The number of esters is 1. The highest BCUT2D eigenvalue weighted by Gasteiger charge is 2.26. The van der Waals surface area contributed by atoms with Crippen molar-refractivity contribution in [1.29, 1.82) is 0 Å². The van der Waals surface area contributed by atoms with Gasteiger partial charge in [-0.15, -0.1) is 0 Å². The van der Waals surface area contributed by atoms with Gasteiger partial charge in [-0.1, -0.05) is 75.7 Å². The number of urea groups is 1. The van der Waals surface area contributed by atoms with Gasteiger partial charge in [0.2, 0.25) is 0 Å². The van der Waals surface area contributed by atoms with Crippen molar-refractivity contribution in [3.63, 3.8) is 0 Å². The van der Waals surface area contributed by atoms with Crippen LogP contribution in [0.4, 0.5) is 10.5 Å². The molecule has 2 aromatic carbocycles. The Kier molecular flexibility index (Phi) is 9.55. The SMILES string of the molecule is CCC[C@@H](NC(=O)COC(=O)[C@H](NC(=O)Nc1ccccc1)C(C)C)c1ccccc1. The first kappa shape index (κ1) is 23.9. The quantitative estimate of drug-likeness (QED) is 0.501. The standard InChI is InChI=1S/C24H31N3O4/c1-4-11-20(18-12-7-5-8-13-18)26-21(28)16-31-23(29)22(17(2)3)27-24(30)25-19-14-9-6-10-15-19/h5-10,12-15,17,20,22H,4,11,16H2,1-3H3,(H,26,28)(H2,25,27,30)/t20-,22-/m1/s1. The molecule has 0 saturated carbocycles. The van der Waals surface area contributed by atoms with Crippen molar-refractivity contribution >= 4 is 23.6 Å². The highest BCUT2D eigenvalue weighted by molar-refractivity contribution is 5.93. The Morgan fingerprint density at radius 2 is 1.52 bits per heavy atom. The van der Waals surface area contributed by atoms with Gasteiger partial charge in [0, 0.05) is 5.69 Å². The van der Waals surface area contributed by atoms with E-state index >= 15 is 0 Å². The fourth-order valence-electron chi connectivity index (χ4n) is 3.09. The van der Waals surface area contributed by atoms with E-state index in [2.05, 4.69) is 16.0 Å². The topological polar surface area (TPSA) is 96.5 Å². The average Bonchev–Trinajstić information content (AvgIpc) is 2.76. The molecule has 0 aromatic heterocycles. The number of hydrogen-bond acceptors (Lipinski definition) is 4. The molecule has 7 heteroatoms. The fraction of sp³-hybridized carbons (Fsp3) is 0.375. The Morgan fingerprint density at radius 3 is 2.10 bits per heavy atom. The van der Waals surface area contributed by atoms with Crippen LogP contribution in [0.3, 0.4) is 0 Å². The zero-order valence-corrected chi connectivity index (χ0v) is 18.3. The highest BCUT2D eigenvalue weighted by atomic mass is 16.5. The Morgan fingerprint density at radius 1 is 0.903 bits per heavy atom. The molecule has 166 valence electrons. The van der Waals surface area contributed by atoms with Crippen molar-refractivity contribution in [2.24, 2.45) is 5.92 Å². The molecule has 0 aliphatic carbocycles. The second-order valence-corrected chi connectivity index (χ2v) is 7.61. The van der Waals surface area contributed by atoms with E-state index in [0.29, 0.717) is 5.69 Å². The van der Waals surface area contributed by atoms with Crippen LogP contribution < -0.4 is 16.0 Å². The van der Waals surface area contributed by atoms with Crippen LogP contribution in [-0.2, 0) is 14.3 Å². The van der Waals surface area contributed by atoms with Crippen LogP contribution in [0.2, 0.25) is 0 Å². The lowest BCUT2D eigenvalue weighted by atomic mass is 10.0. The van der Waals surface area contributed by atoms with Gasteiger partial charge >= 0.3 is 12.0 Å². The normalized spacial score (nSPS) is 12.5. The zero-order valence-electron chi connectivity index (χ0n) is 18.3. The minimum absolute atomic E-state index is 0.145. The number of amides is 3. The molecule has 0 spiro atoms. The number of benzene rings is 2. The molecular formula is C24H31N3O4. The Bertz CT molecular complexity index is 840. The van der Waals surface area contributed by atoms with Gasteiger partial charge in [-0.2, -0.15) is 0 Å². The molecule has 0 fully saturated rings. The van der Waals surface area contributed by atoms with Crippen molar-refractivity contribution in [1.82, 2.24) is 10.6 Å². The molecule has 2 rings (SSSR count). The molecule has 0 aliphatic heterocycles. The van der Waals surface area contributed by atoms with E-state index in [-0.39, 0.29) is 17.9 Å². The van der Waals surface area contributed by atoms with Gasteiger partial charge in [-0.3, -0.25) is 4.79 Å². The predicted octanol–water partition coefficient (Wildman–Crippen LogP) is 4.03. The van der Waals surface area contributed by atoms with Gasteiger partial charge in [-0.25, -0.2) is 9.59 Å². The molecule has 31 heavy (non-hydrogen) atoms. The van der Waals surface area contributed by atoms with Gasteiger partial charge < -0.3 is 20.7 Å². The van der Waals surface area contributed by atoms with E-state index in [9.17, 15) is 14.4 Å². The zero-order chi connectivity index (χ0) is 22.6. The lowest BCUT2D eigenvalue weighted by Gasteiger charge is -2.22. The summed E-state index contributed by atoms with van der Waals surface area (Å²) in [5.41, 5.74) is 1.61. The highest BCUT2D eigenvalue weighted by Crippen LogP contribution is 2.18. The largest absolute Gasteiger partial charge is 0.454 e. The van der Waals surface area contributed by atoms with Crippen LogP contribution in [0, 0.1) is 5.92 Å². The number of para-hydroxylation sites is 1. The van der Waals surface area contributed by atoms with Crippen molar-refractivity contribution in [2.45, 2.75) is 45.7 Å². The van der Waals surface area contributed by atoms with Gasteiger partial charge in [-0.05, 0) is 30.0 Å². The van der Waals surface area contributed by atoms with E-state index in [0.717, 1.165) is 18.4 Å². The predicted molar refractivity (Wildman–Crippen MR) is 120 cm³/mol. The van der Waals surface area contributed by atoms with Crippen molar-refractivity contribution < 1.29 is 19.1 Å². The number of carbonyl (C=O) groups excluding carboxylic acids is 3. The van der Waals surface area contributed by atoms with Gasteiger partial charge in [0.05, 0.1) is 6.04 Å². The Balaban J connectivity index is 1.88. The van der Waals surface area contributed by atoms with Gasteiger partial charge in [0.15, 0.2) is 6.61 Å². The van der Waals surface area contributed by atoms with Crippen LogP contribution in [0.25, 0.3) is 0 Å². The summed E-state index contributed by atoms with van der Waals surface area (Å²) in [7, 11) is 0. The summed E-state index contributed by atoms with van der Waals surface area (Å²) in [5, 5.41) is 8.20. The smallest absolute Gasteiger partial charge is 0.329 e. The average molecular weight is 426 g/mol. The Hall–Kier alpha value is -3.35. The lowest BCUT2D eigenvalue weighted by Crippen LogP contribution is -2.47. The first-order valence-electron chi connectivity index (χ1n) is 10.5. The summed E-state index contributed by atoms with van der Waals surface area (Å²) >= 11 is 0. The van der Waals surface area contributed by atoms with Crippen molar-refractivity contribution in [2.75, 3.05) is 11.9 Å². The van der Waals surface area contributed by atoms with E-state index in [1.165, 1.54) is 0 Å². The Labute approximate surface area is 183 Å². The fourth-order valence-corrected chi connectivity index (χ4v) is 3.09. The molecule has 0 bridgehead atoms. The molecular weight excluding hydrogens is 394 g/mol. The summed E-state index contributed by atoms with van der Waals surface area (Å²) in [6, 6.07) is 17.0. The maximum atomic E-state index is 12.5. The molecule has 0 aliphatic rings. The van der Waals surface area contributed by atoms with Crippen LogP contribution in [-0.4, -0.2) is 30.6 Å². The summed E-state index contributed by atoms with van der Waals surface area (Å²) < 4.78 is 5.20. The number of rotatable bonds is 10. The summed E-state index contributed by atoms with van der Waals surface area (Å²) in [4.78, 5) is 37.1. The van der Waals surface area contributed by atoms with Crippen molar-refractivity contribution in [3.8, 4) is 0 Å². The van der Waals surface area contributed by atoms with Crippen LogP contribution in [0.5, 0.6) is 0 Å². The minimum Gasteiger partial charge on any atom is -0.454 e. The monoisotopic (exact) mass is 425 g/mol. The molecule has 2 aromatic rings. The molecule has 7 nitrogen and oxygen atoms in total. The van der Waals surface area contributed by atoms with Crippen LogP contribution in [0.15, 0.2) is 60.7 Å². The third kappa shape index (κ3) is 8.12. The van der Waals surface area contributed by atoms with Crippen molar-refractivity contribution in [3.05, 3.63) is 66.2 Å². The minimum atomic E-state index is -0.878. The third-order valence-corrected chi connectivity index (χ3v) is 4.70. The number of ether oxygens (including phenoxy) is 1. The van der Waals surface area contributed by atoms with Crippen LogP contribution in [0.1, 0.15) is 45.2 Å². The molecule has 0 saturated heterocycles. The maximum Gasteiger partial charge on any atom is 0.329 e. The van der Waals surface area contributed by atoms with Crippen LogP contribution >= 0.6 is 0 Å². The first-order chi connectivity index (χ1) is 14.9. The van der Waals surface area contributed by atoms with E-state index in [1.807, 2.05) is 43.3 Å². The van der Waals surface area contributed by atoms with E-state index < -0.39 is 24.6 Å². The number of hydrogen-bond donors (Lipinski definition) is 3. The second kappa shape index (κ2) is 12.4. The summed E-state index contributed by atoms with van der Waals surface area (Å²) in [6.07, 6.45) is 1.68. The molecule has 2 atom stereocenters. The summed E-state index contributed by atoms with van der Waals surface area (Å²) in [5.74, 6) is -1.25.